The molecule has 0 saturated carbocycles. The zero-order valence-corrected chi connectivity index (χ0v) is 11.5. The van der Waals surface area contributed by atoms with Crippen LogP contribution in [0.3, 0.4) is 0 Å². The van der Waals surface area contributed by atoms with E-state index in [1.165, 1.54) is 0 Å². The highest BCUT2D eigenvalue weighted by atomic mass is 16.8. The molecule has 108 valence electrons. The molecule has 2 aliphatic rings. The van der Waals surface area contributed by atoms with E-state index in [4.69, 9.17) is 14.3 Å². The van der Waals surface area contributed by atoms with Crippen LogP contribution < -0.4 is 0 Å². The van der Waals surface area contributed by atoms with E-state index in [0.29, 0.717) is 19.8 Å². The Kier molecular flexibility index (Phi) is 4.00. The van der Waals surface area contributed by atoms with E-state index in [1.54, 1.807) is 5.06 Å². The second-order valence-corrected chi connectivity index (χ2v) is 5.05. The van der Waals surface area contributed by atoms with Crippen LogP contribution in [0.5, 0.6) is 0 Å². The van der Waals surface area contributed by atoms with Gasteiger partial charge in [0.05, 0.1) is 19.8 Å². The number of esters is 1. The molecule has 0 aromatic heterocycles. The number of hydrogen-bond donors (Lipinski definition) is 0. The molecule has 5 nitrogen and oxygen atoms in total. The molecule has 0 amide bonds. The van der Waals surface area contributed by atoms with E-state index < -0.39 is 0 Å². The Bertz CT molecular complexity index is 464. The lowest BCUT2D eigenvalue weighted by molar-refractivity contribution is -0.239. The number of nitrogens with zero attached hydrogens (tertiary/aromatic N) is 1. The summed E-state index contributed by atoms with van der Waals surface area (Å²) in [6.45, 7) is 3.40. The standard InChI is InChI=1S/C15H19NO4/c1-2-18-14(17)13-12-8-9-19-15(12)20-16(13)10-11-6-4-3-5-7-11/h3-7,12-13,15H,2,8-10H2,1H3/t12-,13-,15+/m0/s1. The van der Waals surface area contributed by atoms with Gasteiger partial charge in [-0.2, -0.15) is 5.06 Å². The molecule has 0 aliphatic carbocycles. The number of rotatable bonds is 4. The van der Waals surface area contributed by atoms with Crippen molar-refractivity contribution in [1.82, 2.24) is 5.06 Å². The van der Waals surface area contributed by atoms with Gasteiger partial charge in [-0.1, -0.05) is 30.3 Å². The molecule has 0 bridgehead atoms. The quantitative estimate of drug-likeness (QED) is 0.784. The van der Waals surface area contributed by atoms with E-state index in [-0.39, 0.29) is 24.2 Å². The lowest BCUT2D eigenvalue weighted by atomic mass is 9.98. The minimum absolute atomic E-state index is 0.0674. The maximum atomic E-state index is 12.2. The molecule has 0 N–H and O–H groups in total. The van der Waals surface area contributed by atoms with Gasteiger partial charge in [-0.3, -0.25) is 9.63 Å². The highest BCUT2D eigenvalue weighted by Gasteiger charge is 2.51. The molecule has 1 aromatic rings. The molecule has 0 spiro atoms. The summed E-state index contributed by atoms with van der Waals surface area (Å²) in [6, 6.07) is 9.57. The average molecular weight is 277 g/mol. The Hall–Kier alpha value is -1.43. The van der Waals surface area contributed by atoms with Crippen molar-refractivity contribution in [2.24, 2.45) is 5.92 Å². The minimum Gasteiger partial charge on any atom is -0.465 e. The van der Waals surface area contributed by atoms with Gasteiger partial charge in [0.2, 0.25) is 0 Å². The maximum Gasteiger partial charge on any atom is 0.326 e. The van der Waals surface area contributed by atoms with Crippen LogP contribution in [0.1, 0.15) is 18.9 Å². The summed E-state index contributed by atoms with van der Waals surface area (Å²) in [5, 5.41) is 1.71. The highest BCUT2D eigenvalue weighted by Crippen LogP contribution is 2.37. The summed E-state index contributed by atoms with van der Waals surface area (Å²) in [5.41, 5.74) is 1.10. The van der Waals surface area contributed by atoms with Crippen molar-refractivity contribution in [3.05, 3.63) is 35.9 Å². The van der Waals surface area contributed by atoms with Crippen LogP contribution in [-0.2, 0) is 25.7 Å². The van der Waals surface area contributed by atoms with E-state index in [1.807, 2.05) is 37.3 Å². The van der Waals surface area contributed by atoms with Crippen LogP contribution in [0.15, 0.2) is 30.3 Å². The minimum atomic E-state index is -0.373. The van der Waals surface area contributed by atoms with E-state index >= 15 is 0 Å². The van der Waals surface area contributed by atoms with Crippen molar-refractivity contribution in [2.45, 2.75) is 32.2 Å². The van der Waals surface area contributed by atoms with E-state index in [0.717, 1.165) is 12.0 Å². The maximum absolute atomic E-state index is 12.2. The zero-order valence-electron chi connectivity index (χ0n) is 11.5. The summed E-state index contributed by atoms with van der Waals surface area (Å²) >= 11 is 0. The molecule has 5 heteroatoms. The molecule has 20 heavy (non-hydrogen) atoms. The predicted molar refractivity (Wildman–Crippen MR) is 71.3 cm³/mol. The van der Waals surface area contributed by atoms with Crippen molar-refractivity contribution < 1.29 is 19.1 Å². The number of benzene rings is 1. The number of carbonyl (C=O) groups is 1. The Morgan fingerprint density at radius 3 is 2.95 bits per heavy atom. The number of ether oxygens (including phenoxy) is 2. The van der Waals surface area contributed by atoms with Gasteiger partial charge in [0.15, 0.2) is 6.29 Å². The number of fused-ring (bicyclic) bond motifs is 1. The second-order valence-electron chi connectivity index (χ2n) is 5.05. The number of carbonyl (C=O) groups excluding carboxylic acids is 1. The summed E-state index contributed by atoms with van der Waals surface area (Å²) in [6.07, 6.45) is 0.521. The third-order valence-corrected chi connectivity index (χ3v) is 3.75. The molecule has 2 aliphatic heterocycles. The van der Waals surface area contributed by atoms with E-state index in [2.05, 4.69) is 0 Å². The predicted octanol–water partition coefficient (Wildman–Crippen LogP) is 1.73. The van der Waals surface area contributed by atoms with Crippen LogP contribution in [-0.4, -0.2) is 36.6 Å². The fourth-order valence-electron chi connectivity index (χ4n) is 2.83. The van der Waals surface area contributed by atoms with Gasteiger partial charge in [-0.05, 0) is 18.9 Å². The van der Waals surface area contributed by atoms with Crippen LogP contribution in [0, 0.1) is 5.92 Å². The molecular formula is C15H19NO4. The molecule has 3 rings (SSSR count). The number of hydrogen-bond acceptors (Lipinski definition) is 5. The van der Waals surface area contributed by atoms with Crippen LogP contribution in [0.4, 0.5) is 0 Å². The molecule has 2 heterocycles. The molecule has 0 unspecified atom stereocenters. The normalized spacial score (nSPS) is 29.4. The van der Waals surface area contributed by atoms with Crippen molar-refractivity contribution in [3.63, 3.8) is 0 Å². The van der Waals surface area contributed by atoms with Crippen molar-refractivity contribution in [3.8, 4) is 0 Å². The first kappa shape index (κ1) is 13.5. The molecule has 3 atom stereocenters. The Balaban J connectivity index is 1.76. The van der Waals surface area contributed by atoms with Crippen molar-refractivity contribution >= 4 is 5.97 Å². The van der Waals surface area contributed by atoms with E-state index in [9.17, 15) is 4.79 Å². The van der Waals surface area contributed by atoms with Gasteiger partial charge >= 0.3 is 5.97 Å². The summed E-state index contributed by atoms with van der Waals surface area (Å²) < 4.78 is 10.7. The van der Waals surface area contributed by atoms with Crippen LogP contribution in [0.25, 0.3) is 0 Å². The van der Waals surface area contributed by atoms with Gasteiger partial charge in [-0.15, -0.1) is 0 Å². The summed E-state index contributed by atoms with van der Waals surface area (Å²) in [4.78, 5) is 18.0. The van der Waals surface area contributed by atoms with Gasteiger partial charge in [0, 0.05) is 5.92 Å². The first-order chi connectivity index (χ1) is 9.79. The largest absolute Gasteiger partial charge is 0.465 e. The third kappa shape index (κ3) is 2.57. The van der Waals surface area contributed by atoms with Gasteiger partial charge in [-0.25, -0.2) is 0 Å². The van der Waals surface area contributed by atoms with Gasteiger partial charge < -0.3 is 9.47 Å². The lowest BCUT2D eigenvalue weighted by Gasteiger charge is -2.23. The fourth-order valence-corrected chi connectivity index (χ4v) is 2.83. The second kappa shape index (κ2) is 5.91. The SMILES string of the molecule is CCOC(=O)[C@@H]1[C@@H]2CCO[C@@H]2ON1Cc1ccccc1. The smallest absolute Gasteiger partial charge is 0.326 e. The molecule has 0 radical (unpaired) electrons. The third-order valence-electron chi connectivity index (χ3n) is 3.75. The van der Waals surface area contributed by atoms with Crippen molar-refractivity contribution in [2.75, 3.05) is 13.2 Å². The Morgan fingerprint density at radius 2 is 2.20 bits per heavy atom. The highest BCUT2D eigenvalue weighted by molar-refractivity contribution is 5.76. The molecule has 2 saturated heterocycles. The first-order valence-corrected chi connectivity index (χ1v) is 7.05. The Labute approximate surface area is 118 Å². The molecule has 1 aromatic carbocycles. The average Bonchev–Trinajstić information content (AvgIpc) is 3.00. The fraction of sp³-hybridized carbons (Fsp3) is 0.533. The van der Waals surface area contributed by atoms with Crippen molar-refractivity contribution in [1.29, 1.82) is 0 Å². The van der Waals surface area contributed by atoms with Crippen LogP contribution in [0.2, 0.25) is 0 Å². The van der Waals surface area contributed by atoms with Gasteiger partial charge in [0.1, 0.15) is 6.04 Å². The summed E-state index contributed by atoms with van der Waals surface area (Å²) in [7, 11) is 0. The Morgan fingerprint density at radius 1 is 1.40 bits per heavy atom. The zero-order chi connectivity index (χ0) is 13.9. The monoisotopic (exact) mass is 277 g/mol. The number of hydroxylamine groups is 2. The topological polar surface area (TPSA) is 48.0 Å². The molecular weight excluding hydrogens is 258 g/mol. The van der Waals surface area contributed by atoms with Gasteiger partial charge in [0.25, 0.3) is 0 Å². The summed E-state index contributed by atoms with van der Waals surface area (Å²) in [5.74, 6) is -0.154. The molecule has 2 fully saturated rings. The van der Waals surface area contributed by atoms with Crippen LogP contribution >= 0.6 is 0 Å². The first-order valence-electron chi connectivity index (χ1n) is 7.05. The lowest BCUT2D eigenvalue weighted by Crippen LogP contribution is -2.40.